The van der Waals surface area contributed by atoms with Crippen molar-refractivity contribution in [3.8, 4) is 11.1 Å². The highest BCUT2D eigenvalue weighted by molar-refractivity contribution is 6.33. The van der Waals surface area contributed by atoms with Crippen molar-refractivity contribution in [2.75, 3.05) is 18.0 Å². The van der Waals surface area contributed by atoms with Crippen LogP contribution in [0, 0.1) is 24.5 Å². The van der Waals surface area contributed by atoms with E-state index in [-0.39, 0.29) is 16.1 Å². The lowest BCUT2D eigenvalue weighted by molar-refractivity contribution is -0.141. The van der Waals surface area contributed by atoms with Crippen molar-refractivity contribution in [2.24, 2.45) is 5.92 Å². The Hall–Kier alpha value is -2.14. The van der Waals surface area contributed by atoms with E-state index in [1.54, 1.807) is 25.1 Å². The molecule has 1 saturated heterocycles. The molecule has 1 N–H and O–H groups in total. The molecule has 1 unspecified atom stereocenters. The number of anilines is 1. The van der Waals surface area contributed by atoms with Crippen molar-refractivity contribution in [3.63, 3.8) is 0 Å². The number of carbonyl (C=O) groups is 1. The quantitative estimate of drug-likeness (QED) is 0.841. The fourth-order valence-electron chi connectivity index (χ4n) is 3.22. The number of halogens is 3. The molecule has 25 heavy (non-hydrogen) atoms. The van der Waals surface area contributed by atoms with Crippen LogP contribution in [0.5, 0.6) is 0 Å². The Morgan fingerprint density at radius 3 is 2.76 bits per heavy atom. The third kappa shape index (κ3) is 3.47. The highest BCUT2D eigenvalue weighted by Gasteiger charge is 2.26. The van der Waals surface area contributed by atoms with Gasteiger partial charge in [-0.2, -0.15) is 0 Å². The maximum Gasteiger partial charge on any atom is 0.308 e. The minimum Gasteiger partial charge on any atom is -0.481 e. The van der Waals surface area contributed by atoms with Gasteiger partial charge in [-0.1, -0.05) is 17.7 Å². The van der Waals surface area contributed by atoms with Gasteiger partial charge in [0.25, 0.3) is 0 Å². The molecule has 2 aromatic carbocycles. The molecule has 6 heteroatoms. The second-order valence-electron chi connectivity index (χ2n) is 6.34. The van der Waals surface area contributed by atoms with E-state index in [9.17, 15) is 18.7 Å². The van der Waals surface area contributed by atoms with Crippen molar-refractivity contribution in [3.05, 3.63) is 52.6 Å². The first-order chi connectivity index (χ1) is 11.9. The third-order valence-corrected chi connectivity index (χ3v) is 4.97. The summed E-state index contributed by atoms with van der Waals surface area (Å²) in [6.07, 6.45) is 1.38. The second kappa shape index (κ2) is 7.00. The Morgan fingerprint density at radius 2 is 2.04 bits per heavy atom. The lowest BCUT2D eigenvalue weighted by Gasteiger charge is -2.33. The molecular formula is C19H18ClF2NO2. The number of carboxylic acids is 1. The van der Waals surface area contributed by atoms with Gasteiger partial charge in [0.1, 0.15) is 11.6 Å². The maximum atomic E-state index is 14.5. The summed E-state index contributed by atoms with van der Waals surface area (Å²) < 4.78 is 28.7. The molecule has 0 aliphatic carbocycles. The topological polar surface area (TPSA) is 40.5 Å². The number of benzene rings is 2. The molecular weight excluding hydrogens is 348 g/mol. The summed E-state index contributed by atoms with van der Waals surface area (Å²) in [6, 6.07) is 7.58. The summed E-state index contributed by atoms with van der Waals surface area (Å²) in [5.41, 5.74) is 1.17. The van der Waals surface area contributed by atoms with Gasteiger partial charge < -0.3 is 10.0 Å². The van der Waals surface area contributed by atoms with Crippen molar-refractivity contribution in [2.45, 2.75) is 19.8 Å². The van der Waals surface area contributed by atoms with Gasteiger partial charge in [-0.15, -0.1) is 0 Å². The average Bonchev–Trinajstić information content (AvgIpc) is 2.60. The zero-order valence-electron chi connectivity index (χ0n) is 13.7. The van der Waals surface area contributed by atoms with E-state index in [1.165, 1.54) is 12.1 Å². The lowest BCUT2D eigenvalue weighted by atomic mass is 9.96. The minimum absolute atomic E-state index is 0.154. The number of hydrogen-bond donors (Lipinski definition) is 1. The van der Waals surface area contributed by atoms with Crippen molar-refractivity contribution < 1.29 is 18.7 Å². The van der Waals surface area contributed by atoms with Crippen LogP contribution in [0.1, 0.15) is 18.4 Å². The van der Waals surface area contributed by atoms with Crippen LogP contribution in [0.4, 0.5) is 14.5 Å². The Kier molecular flexibility index (Phi) is 4.95. The van der Waals surface area contributed by atoms with Crippen LogP contribution < -0.4 is 4.90 Å². The molecule has 0 aromatic heterocycles. The molecule has 3 rings (SSSR count). The number of nitrogens with zero attached hydrogens (tertiary/aromatic N) is 1. The number of aryl methyl sites for hydroxylation is 1. The van der Waals surface area contributed by atoms with Crippen LogP contribution in [0.25, 0.3) is 11.1 Å². The Bertz CT molecular complexity index is 825. The number of piperidine rings is 1. The first-order valence-corrected chi connectivity index (χ1v) is 8.48. The molecule has 1 heterocycles. The van der Waals surface area contributed by atoms with Crippen LogP contribution in [-0.2, 0) is 4.79 Å². The molecule has 132 valence electrons. The molecule has 3 nitrogen and oxygen atoms in total. The number of carboxylic acid groups (broad SMARTS) is 1. The summed E-state index contributed by atoms with van der Waals surface area (Å²) in [4.78, 5) is 13.2. The van der Waals surface area contributed by atoms with Gasteiger partial charge in [0, 0.05) is 29.4 Å². The molecule has 0 spiro atoms. The summed E-state index contributed by atoms with van der Waals surface area (Å²) in [5, 5.41) is 9.49. The summed E-state index contributed by atoms with van der Waals surface area (Å²) in [5.74, 6) is -2.58. The largest absolute Gasteiger partial charge is 0.481 e. The fraction of sp³-hybridized carbons (Fsp3) is 0.316. The monoisotopic (exact) mass is 365 g/mol. The average molecular weight is 366 g/mol. The molecule has 0 radical (unpaired) electrons. The minimum atomic E-state index is -0.824. The summed E-state index contributed by atoms with van der Waals surface area (Å²) in [6.45, 7) is 2.64. The molecule has 1 fully saturated rings. The maximum absolute atomic E-state index is 14.5. The predicted molar refractivity (Wildman–Crippen MR) is 94.1 cm³/mol. The van der Waals surface area contributed by atoms with Gasteiger partial charge in [0.15, 0.2) is 0 Å². The smallest absolute Gasteiger partial charge is 0.308 e. The SMILES string of the molecule is Cc1ccc(F)c(-c2cc(N3CCCC(C(=O)O)C3)ccc2Cl)c1F. The highest BCUT2D eigenvalue weighted by atomic mass is 35.5. The van der Waals surface area contributed by atoms with E-state index < -0.39 is 23.5 Å². The predicted octanol–water partition coefficient (Wildman–Crippen LogP) is 4.89. The van der Waals surface area contributed by atoms with Crippen molar-refractivity contribution in [1.29, 1.82) is 0 Å². The van der Waals surface area contributed by atoms with Crippen LogP contribution in [-0.4, -0.2) is 24.2 Å². The second-order valence-corrected chi connectivity index (χ2v) is 6.75. The van der Waals surface area contributed by atoms with E-state index in [0.29, 0.717) is 30.8 Å². The normalized spacial score (nSPS) is 17.6. The van der Waals surface area contributed by atoms with Gasteiger partial charge in [-0.05, 0) is 49.6 Å². The standard InChI is InChI=1S/C19H18ClF2NO2/c1-11-4-7-16(21)17(18(11)22)14-9-13(5-6-15(14)20)23-8-2-3-12(10-23)19(24)25/h4-7,9,12H,2-3,8,10H2,1H3,(H,24,25). The van der Waals surface area contributed by atoms with E-state index in [0.717, 1.165) is 6.42 Å². The van der Waals surface area contributed by atoms with Crippen LogP contribution in [0.15, 0.2) is 30.3 Å². The van der Waals surface area contributed by atoms with Crippen LogP contribution in [0.2, 0.25) is 5.02 Å². The van der Waals surface area contributed by atoms with Crippen LogP contribution >= 0.6 is 11.6 Å². The summed E-state index contributed by atoms with van der Waals surface area (Å²) in [7, 11) is 0. The van der Waals surface area contributed by atoms with Gasteiger partial charge in [0.2, 0.25) is 0 Å². The number of rotatable bonds is 3. The van der Waals surface area contributed by atoms with Crippen LogP contribution in [0.3, 0.4) is 0 Å². The van der Waals surface area contributed by atoms with Gasteiger partial charge >= 0.3 is 5.97 Å². The lowest BCUT2D eigenvalue weighted by Crippen LogP contribution is -2.38. The van der Waals surface area contributed by atoms with Gasteiger partial charge in [0.05, 0.1) is 11.5 Å². The summed E-state index contributed by atoms with van der Waals surface area (Å²) >= 11 is 6.20. The fourth-order valence-corrected chi connectivity index (χ4v) is 3.43. The molecule has 0 saturated carbocycles. The van der Waals surface area contributed by atoms with Gasteiger partial charge in [-0.25, -0.2) is 8.78 Å². The molecule has 1 aliphatic rings. The first kappa shape index (κ1) is 17.7. The molecule has 1 aliphatic heterocycles. The third-order valence-electron chi connectivity index (χ3n) is 4.64. The molecule has 0 amide bonds. The Balaban J connectivity index is 2.02. The Morgan fingerprint density at radius 1 is 1.28 bits per heavy atom. The van der Waals surface area contributed by atoms with Crippen molar-refractivity contribution >= 4 is 23.3 Å². The zero-order valence-corrected chi connectivity index (χ0v) is 14.5. The highest BCUT2D eigenvalue weighted by Crippen LogP contribution is 2.36. The molecule has 2 aromatic rings. The Labute approximate surface area is 149 Å². The first-order valence-electron chi connectivity index (χ1n) is 8.10. The van der Waals surface area contributed by atoms with E-state index in [1.807, 2.05) is 4.90 Å². The molecule has 0 bridgehead atoms. The van der Waals surface area contributed by atoms with E-state index >= 15 is 0 Å². The van der Waals surface area contributed by atoms with E-state index in [2.05, 4.69) is 0 Å². The number of aliphatic carboxylic acids is 1. The number of hydrogen-bond acceptors (Lipinski definition) is 2. The zero-order chi connectivity index (χ0) is 18.1. The van der Waals surface area contributed by atoms with E-state index in [4.69, 9.17) is 11.6 Å². The van der Waals surface area contributed by atoms with Gasteiger partial charge in [-0.3, -0.25) is 4.79 Å². The van der Waals surface area contributed by atoms with Crippen molar-refractivity contribution in [1.82, 2.24) is 0 Å². The molecule has 1 atom stereocenters.